The van der Waals surface area contributed by atoms with E-state index < -0.39 is 0 Å². The minimum absolute atomic E-state index is 0.0801. The van der Waals surface area contributed by atoms with Gasteiger partial charge in [0.2, 0.25) is 5.91 Å². The number of ether oxygens (including phenoxy) is 1. The fourth-order valence-electron chi connectivity index (χ4n) is 3.54. The number of anilines is 1. The number of nitrogens with zero attached hydrogens (tertiary/aromatic N) is 3. The van der Waals surface area contributed by atoms with Crippen molar-refractivity contribution in [3.63, 3.8) is 0 Å². The lowest BCUT2D eigenvalue weighted by Gasteiger charge is -2.21. The van der Waals surface area contributed by atoms with Crippen LogP contribution in [-0.2, 0) is 4.79 Å². The second kappa shape index (κ2) is 10.6. The molecule has 0 bridgehead atoms. The van der Waals surface area contributed by atoms with Crippen molar-refractivity contribution in [2.75, 3.05) is 38.6 Å². The lowest BCUT2D eigenvalue weighted by Crippen LogP contribution is -2.40. The van der Waals surface area contributed by atoms with Crippen molar-refractivity contribution in [3.05, 3.63) is 53.7 Å². The zero-order valence-electron chi connectivity index (χ0n) is 18.0. The number of guanidine groups is 1. The molecular formula is C23H31N5O2. The van der Waals surface area contributed by atoms with Crippen LogP contribution in [0.25, 0.3) is 0 Å². The van der Waals surface area contributed by atoms with Crippen molar-refractivity contribution in [2.45, 2.75) is 32.6 Å². The molecule has 1 unspecified atom stereocenters. The molecule has 1 saturated heterocycles. The van der Waals surface area contributed by atoms with Crippen LogP contribution in [0.1, 0.15) is 36.8 Å². The van der Waals surface area contributed by atoms with Gasteiger partial charge in [0.15, 0.2) is 5.96 Å². The van der Waals surface area contributed by atoms with Crippen molar-refractivity contribution in [1.82, 2.24) is 15.2 Å². The van der Waals surface area contributed by atoms with Crippen LogP contribution in [0.2, 0.25) is 0 Å². The van der Waals surface area contributed by atoms with E-state index in [-0.39, 0.29) is 5.91 Å². The van der Waals surface area contributed by atoms with Crippen LogP contribution < -0.4 is 15.4 Å². The van der Waals surface area contributed by atoms with Crippen LogP contribution in [0.15, 0.2) is 47.6 Å². The molecule has 1 aromatic carbocycles. The Hall–Kier alpha value is -3.09. The number of benzene rings is 1. The first kappa shape index (κ1) is 21.6. The van der Waals surface area contributed by atoms with E-state index in [0.29, 0.717) is 24.7 Å². The highest BCUT2D eigenvalue weighted by atomic mass is 16.5. The highest BCUT2D eigenvalue weighted by Crippen LogP contribution is 2.28. The molecule has 2 heterocycles. The quantitative estimate of drug-likeness (QED) is 0.542. The standard InChI is InChI=1S/C23H31N5O2/c1-4-24-23(25-13-11-22(29)27-21-10-5-17(2)15-26-21)28-14-12-19(16-28)18-6-8-20(30-3)9-7-18/h5-10,15,19H,4,11-14,16H2,1-3H3,(H,24,25)(H,26,27,29). The summed E-state index contributed by atoms with van der Waals surface area (Å²) in [5, 5.41) is 6.18. The second-order valence-electron chi connectivity index (χ2n) is 7.46. The number of amides is 1. The van der Waals surface area contributed by atoms with Crippen molar-refractivity contribution in [1.29, 1.82) is 0 Å². The van der Waals surface area contributed by atoms with Crippen LogP contribution in [0.4, 0.5) is 5.82 Å². The Bertz CT molecular complexity index is 849. The van der Waals surface area contributed by atoms with Gasteiger partial charge in [0.25, 0.3) is 0 Å². The summed E-state index contributed by atoms with van der Waals surface area (Å²) >= 11 is 0. The summed E-state index contributed by atoms with van der Waals surface area (Å²) in [6.07, 6.45) is 3.14. The number of nitrogens with one attached hydrogen (secondary N) is 2. The maximum atomic E-state index is 12.2. The fraction of sp³-hybridized carbons (Fsp3) is 0.435. The number of aliphatic imine (C=N–C) groups is 1. The van der Waals surface area contributed by atoms with Gasteiger partial charge in [-0.25, -0.2) is 4.98 Å². The SMILES string of the molecule is CCNC(=NCCC(=O)Nc1ccc(C)cn1)N1CCC(c2ccc(OC)cc2)C1. The predicted octanol–water partition coefficient (Wildman–Crippen LogP) is 3.18. The number of methoxy groups -OCH3 is 1. The molecule has 0 radical (unpaired) electrons. The number of hydrogen-bond donors (Lipinski definition) is 2. The molecule has 2 aromatic rings. The summed E-state index contributed by atoms with van der Waals surface area (Å²) in [7, 11) is 1.68. The summed E-state index contributed by atoms with van der Waals surface area (Å²) in [5.74, 6) is 2.71. The van der Waals surface area contributed by atoms with Crippen molar-refractivity contribution in [2.24, 2.45) is 4.99 Å². The highest BCUT2D eigenvalue weighted by Gasteiger charge is 2.26. The minimum Gasteiger partial charge on any atom is -0.497 e. The molecule has 3 rings (SSSR count). The summed E-state index contributed by atoms with van der Waals surface area (Å²) in [6, 6.07) is 12.0. The molecular weight excluding hydrogens is 378 g/mol. The number of carbonyl (C=O) groups is 1. The number of likely N-dealkylation sites (tertiary alicyclic amines) is 1. The molecule has 1 aromatic heterocycles. The monoisotopic (exact) mass is 409 g/mol. The Balaban J connectivity index is 1.53. The van der Waals surface area contributed by atoms with Gasteiger partial charge in [-0.15, -0.1) is 0 Å². The van der Waals surface area contributed by atoms with Gasteiger partial charge in [-0.3, -0.25) is 9.79 Å². The first-order valence-electron chi connectivity index (χ1n) is 10.5. The third-order valence-corrected chi connectivity index (χ3v) is 5.19. The van der Waals surface area contributed by atoms with Crippen LogP contribution in [-0.4, -0.2) is 55.0 Å². The first-order chi connectivity index (χ1) is 14.6. The van der Waals surface area contributed by atoms with Crippen LogP contribution >= 0.6 is 0 Å². The first-order valence-corrected chi connectivity index (χ1v) is 10.5. The molecule has 30 heavy (non-hydrogen) atoms. The van der Waals surface area contributed by atoms with Gasteiger partial charge in [0, 0.05) is 38.2 Å². The van der Waals surface area contributed by atoms with E-state index in [9.17, 15) is 4.79 Å². The summed E-state index contributed by atoms with van der Waals surface area (Å²) < 4.78 is 5.25. The van der Waals surface area contributed by atoms with Gasteiger partial charge in [-0.05, 0) is 49.6 Å². The molecule has 160 valence electrons. The average molecular weight is 410 g/mol. The van der Waals surface area contributed by atoms with E-state index in [1.807, 2.05) is 31.2 Å². The zero-order chi connectivity index (χ0) is 21.3. The molecule has 2 N–H and O–H groups in total. The van der Waals surface area contributed by atoms with Crippen LogP contribution in [0.5, 0.6) is 5.75 Å². The predicted molar refractivity (Wildman–Crippen MR) is 120 cm³/mol. The fourth-order valence-corrected chi connectivity index (χ4v) is 3.54. The van der Waals surface area contributed by atoms with Gasteiger partial charge in [0.1, 0.15) is 11.6 Å². The summed E-state index contributed by atoms with van der Waals surface area (Å²) in [6.45, 7) is 7.11. The average Bonchev–Trinajstić information content (AvgIpc) is 3.25. The third-order valence-electron chi connectivity index (χ3n) is 5.19. The number of hydrogen-bond acceptors (Lipinski definition) is 4. The van der Waals surface area contributed by atoms with E-state index in [1.54, 1.807) is 13.3 Å². The lowest BCUT2D eigenvalue weighted by atomic mass is 9.98. The number of aromatic nitrogens is 1. The van der Waals surface area contributed by atoms with E-state index in [0.717, 1.165) is 43.3 Å². The van der Waals surface area contributed by atoms with Crippen LogP contribution in [0, 0.1) is 6.92 Å². The zero-order valence-corrected chi connectivity index (χ0v) is 18.0. The third kappa shape index (κ3) is 5.95. The minimum atomic E-state index is -0.0801. The highest BCUT2D eigenvalue weighted by molar-refractivity contribution is 5.90. The lowest BCUT2D eigenvalue weighted by molar-refractivity contribution is -0.116. The topological polar surface area (TPSA) is 78.8 Å². The number of aryl methyl sites for hydroxylation is 1. The van der Waals surface area contributed by atoms with Gasteiger partial charge in [-0.2, -0.15) is 0 Å². The Morgan fingerprint density at radius 3 is 2.73 bits per heavy atom. The molecule has 7 nitrogen and oxygen atoms in total. The Labute approximate surface area is 178 Å². The number of carbonyl (C=O) groups excluding carboxylic acids is 1. The van der Waals surface area contributed by atoms with Crippen molar-refractivity contribution in [3.8, 4) is 5.75 Å². The molecule has 0 saturated carbocycles. The second-order valence-corrected chi connectivity index (χ2v) is 7.46. The molecule has 1 amide bonds. The maximum absolute atomic E-state index is 12.2. The molecule has 0 aliphatic carbocycles. The Morgan fingerprint density at radius 2 is 2.07 bits per heavy atom. The van der Waals surface area contributed by atoms with E-state index in [1.165, 1.54) is 5.56 Å². The van der Waals surface area contributed by atoms with Crippen LogP contribution in [0.3, 0.4) is 0 Å². The molecule has 1 aliphatic heterocycles. The Morgan fingerprint density at radius 1 is 1.27 bits per heavy atom. The summed E-state index contributed by atoms with van der Waals surface area (Å²) in [5.41, 5.74) is 2.38. The van der Waals surface area contributed by atoms with Gasteiger partial charge >= 0.3 is 0 Å². The maximum Gasteiger partial charge on any atom is 0.227 e. The summed E-state index contributed by atoms with van der Waals surface area (Å²) in [4.78, 5) is 23.3. The molecule has 1 atom stereocenters. The number of rotatable bonds is 7. The normalized spacial score (nSPS) is 16.4. The van der Waals surface area contributed by atoms with Crippen molar-refractivity contribution < 1.29 is 9.53 Å². The molecule has 7 heteroatoms. The molecule has 0 spiro atoms. The van der Waals surface area contributed by atoms with E-state index >= 15 is 0 Å². The number of pyridine rings is 1. The van der Waals surface area contributed by atoms with Gasteiger partial charge in [0.05, 0.1) is 13.7 Å². The van der Waals surface area contributed by atoms with Crippen molar-refractivity contribution >= 4 is 17.7 Å². The smallest absolute Gasteiger partial charge is 0.227 e. The van der Waals surface area contributed by atoms with Gasteiger partial charge < -0.3 is 20.3 Å². The molecule has 1 aliphatic rings. The molecule has 1 fully saturated rings. The van der Waals surface area contributed by atoms with E-state index in [4.69, 9.17) is 4.74 Å². The van der Waals surface area contributed by atoms with Gasteiger partial charge in [-0.1, -0.05) is 18.2 Å². The largest absolute Gasteiger partial charge is 0.497 e. The van der Waals surface area contributed by atoms with E-state index in [2.05, 4.69) is 44.6 Å². The Kier molecular flexibility index (Phi) is 7.65.